The minimum Gasteiger partial charge on any atom is -0.447 e. The fourth-order valence-electron chi connectivity index (χ4n) is 3.34. The number of H-pyrrole nitrogens is 1. The van der Waals surface area contributed by atoms with Crippen LogP contribution in [0.5, 0.6) is 0 Å². The lowest BCUT2D eigenvalue weighted by molar-refractivity contribution is 0.0370. The van der Waals surface area contributed by atoms with Crippen molar-refractivity contribution in [2.45, 2.75) is 19.6 Å². The molecule has 0 radical (unpaired) electrons. The summed E-state index contributed by atoms with van der Waals surface area (Å²) >= 11 is 0. The van der Waals surface area contributed by atoms with E-state index < -0.39 is 29.1 Å². The largest absolute Gasteiger partial charge is 0.447 e. The molecule has 0 aliphatic heterocycles. The number of esters is 1. The number of aromatic nitrogens is 3. The maximum absolute atomic E-state index is 13.8. The van der Waals surface area contributed by atoms with Crippen molar-refractivity contribution in [3.8, 4) is 0 Å². The van der Waals surface area contributed by atoms with E-state index in [9.17, 15) is 18.8 Å². The van der Waals surface area contributed by atoms with Gasteiger partial charge in [-0.25, -0.2) is 14.0 Å². The molecule has 2 aromatic carbocycles. The molecule has 4 aromatic rings. The molecular formula is C23H18FN3O4. The molecule has 0 aliphatic carbocycles. The summed E-state index contributed by atoms with van der Waals surface area (Å²) in [4.78, 5) is 44.3. The average Bonchev–Trinajstić information content (AvgIpc) is 2.77. The van der Waals surface area contributed by atoms with Crippen molar-refractivity contribution < 1.29 is 13.9 Å². The van der Waals surface area contributed by atoms with E-state index in [0.717, 1.165) is 4.57 Å². The van der Waals surface area contributed by atoms with E-state index in [0.29, 0.717) is 11.3 Å². The topological polar surface area (TPSA) is 94.1 Å². The fourth-order valence-corrected chi connectivity index (χ4v) is 3.34. The van der Waals surface area contributed by atoms with E-state index in [2.05, 4.69) is 9.97 Å². The number of carbonyl (C=O) groups is 1. The fraction of sp³-hybridized carbons (Fsp3) is 0.130. The number of hydrogen-bond donors (Lipinski definition) is 1. The van der Waals surface area contributed by atoms with Crippen LogP contribution in [0.4, 0.5) is 4.39 Å². The van der Waals surface area contributed by atoms with Crippen LogP contribution in [0.25, 0.3) is 10.9 Å². The van der Waals surface area contributed by atoms with E-state index in [4.69, 9.17) is 4.74 Å². The van der Waals surface area contributed by atoms with Gasteiger partial charge in [0.25, 0.3) is 5.56 Å². The molecule has 0 saturated carbocycles. The predicted octanol–water partition coefficient (Wildman–Crippen LogP) is 3.19. The van der Waals surface area contributed by atoms with Crippen molar-refractivity contribution in [1.29, 1.82) is 0 Å². The second-order valence-electron chi connectivity index (χ2n) is 6.83. The van der Waals surface area contributed by atoms with Gasteiger partial charge in [-0.05, 0) is 49.4 Å². The average molecular weight is 419 g/mol. The summed E-state index contributed by atoms with van der Waals surface area (Å²) in [5.74, 6) is -1.17. The van der Waals surface area contributed by atoms with Crippen LogP contribution < -0.4 is 11.2 Å². The van der Waals surface area contributed by atoms with Gasteiger partial charge in [-0.2, -0.15) is 0 Å². The number of hydrogen-bond acceptors (Lipinski definition) is 5. The van der Waals surface area contributed by atoms with E-state index in [-0.39, 0.29) is 23.0 Å². The van der Waals surface area contributed by atoms with Crippen molar-refractivity contribution in [2.24, 2.45) is 0 Å². The zero-order valence-corrected chi connectivity index (χ0v) is 16.5. The summed E-state index contributed by atoms with van der Waals surface area (Å²) in [7, 11) is 0. The van der Waals surface area contributed by atoms with Gasteiger partial charge in [0, 0.05) is 18.3 Å². The number of ether oxygens (including phenoxy) is 1. The smallest absolute Gasteiger partial charge is 0.339 e. The number of benzene rings is 2. The number of fused-ring (bicyclic) bond motifs is 1. The summed E-state index contributed by atoms with van der Waals surface area (Å²) in [6.45, 7) is 1.92. The van der Waals surface area contributed by atoms with Crippen molar-refractivity contribution >= 4 is 16.9 Å². The maximum Gasteiger partial charge on any atom is 0.339 e. The van der Waals surface area contributed by atoms with Crippen molar-refractivity contribution in [1.82, 2.24) is 14.5 Å². The molecule has 7 nitrogen and oxygen atoms in total. The predicted molar refractivity (Wildman–Crippen MR) is 112 cm³/mol. The van der Waals surface area contributed by atoms with Gasteiger partial charge in [-0.15, -0.1) is 0 Å². The van der Waals surface area contributed by atoms with Gasteiger partial charge in [0.15, 0.2) is 6.10 Å². The highest BCUT2D eigenvalue weighted by molar-refractivity contribution is 5.94. The summed E-state index contributed by atoms with van der Waals surface area (Å²) in [5.41, 5.74) is 0.223. The van der Waals surface area contributed by atoms with Crippen LogP contribution in [0.3, 0.4) is 0 Å². The lowest BCUT2D eigenvalue weighted by Crippen LogP contribution is -2.34. The Labute approximate surface area is 175 Å². The number of nitrogens with one attached hydrogen (secondary N) is 1. The molecule has 2 heterocycles. The minimum absolute atomic E-state index is 0.133. The SMILES string of the molecule is CCn1c(=O)[nH]c2cc(C(=O)OC(c3cccc(F)c3)c3ccccn3)ccc2c1=O. The third kappa shape index (κ3) is 4.00. The monoisotopic (exact) mass is 419 g/mol. The Bertz CT molecular complexity index is 1380. The number of halogens is 1. The summed E-state index contributed by atoms with van der Waals surface area (Å²) in [5, 5.41) is 0.282. The van der Waals surface area contributed by atoms with Crippen LogP contribution in [0.1, 0.15) is 34.6 Å². The van der Waals surface area contributed by atoms with E-state index in [1.165, 1.54) is 36.4 Å². The molecule has 0 aliphatic rings. The van der Waals surface area contributed by atoms with Crippen LogP contribution in [-0.2, 0) is 11.3 Å². The minimum atomic E-state index is -0.938. The molecule has 0 saturated heterocycles. The summed E-state index contributed by atoms with van der Waals surface area (Å²) in [6, 6.07) is 15.2. The number of pyridine rings is 1. The van der Waals surface area contributed by atoms with E-state index in [1.807, 2.05) is 0 Å². The van der Waals surface area contributed by atoms with Crippen LogP contribution >= 0.6 is 0 Å². The first-order valence-corrected chi connectivity index (χ1v) is 9.62. The summed E-state index contributed by atoms with van der Waals surface area (Å²) in [6.07, 6.45) is 0.613. The second kappa shape index (κ2) is 8.35. The first-order valence-electron chi connectivity index (χ1n) is 9.62. The molecule has 0 bridgehead atoms. The lowest BCUT2D eigenvalue weighted by atomic mass is 10.1. The van der Waals surface area contributed by atoms with E-state index >= 15 is 0 Å². The Morgan fingerprint density at radius 2 is 1.97 bits per heavy atom. The highest BCUT2D eigenvalue weighted by Crippen LogP contribution is 2.26. The molecule has 0 fully saturated rings. The Hall–Kier alpha value is -4.07. The standard InChI is InChI=1S/C23H18FN3O4/c1-2-27-21(28)17-10-9-15(13-19(17)26-23(27)30)22(29)31-20(18-8-3-4-11-25-18)14-6-5-7-16(24)12-14/h3-13,20H,2H2,1H3,(H,26,30). The molecule has 0 amide bonds. The first-order chi connectivity index (χ1) is 15.0. The van der Waals surface area contributed by atoms with Gasteiger partial charge in [-0.1, -0.05) is 18.2 Å². The van der Waals surface area contributed by atoms with Crippen LogP contribution in [-0.4, -0.2) is 20.5 Å². The number of carbonyl (C=O) groups excluding carboxylic acids is 1. The Balaban J connectivity index is 1.73. The van der Waals surface area contributed by atoms with Crippen LogP contribution in [0.2, 0.25) is 0 Å². The normalized spacial score (nSPS) is 11.9. The number of rotatable bonds is 5. The van der Waals surface area contributed by atoms with Crippen molar-refractivity contribution in [3.05, 3.63) is 110 Å². The molecular weight excluding hydrogens is 401 g/mol. The molecule has 1 atom stereocenters. The van der Waals surface area contributed by atoms with Gasteiger partial charge in [0.1, 0.15) is 5.82 Å². The Morgan fingerprint density at radius 3 is 2.68 bits per heavy atom. The van der Waals surface area contributed by atoms with Gasteiger partial charge < -0.3 is 9.72 Å². The van der Waals surface area contributed by atoms with Crippen LogP contribution in [0, 0.1) is 5.82 Å². The van der Waals surface area contributed by atoms with Crippen molar-refractivity contribution in [3.63, 3.8) is 0 Å². The maximum atomic E-state index is 13.8. The molecule has 156 valence electrons. The first kappa shape index (κ1) is 20.2. The van der Waals surface area contributed by atoms with E-state index in [1.54, 1.807) is 37.4 Å². The molecule has 1 N–H and O–H groups in total. The van der Waals surface area contributed by atoms with Gasteiger partial charge >= 0.3 is 11.7 Å². The summed E-state index contributed by atoms with van der Waals surface area (Å²) < 4.78 is 20.5. The quantitative estimate of drug-likeness (QED) is 0.502. The second-order valence-corrected chi connectivity index (χ2v) is 6.83. The van der Waals surface area contributed by atoms with Gasteiger partial charge in [0.05, 0.1) is 22.2 Å². The zero-order valence-electron chi connectivity index (χ0n) is 16.5. The van der Waals surface area contributed by atoms with Gasteiger partial charge in [-0.3, -0.25) is 14.3 Å². The molecule has 1 unspecified atom stereocenters. The molecule has 8 heteroatoms. The third-order valence-electron chi connectivity index (χ3n) is 4.87. The molecule has 31 heavy (non-hydrogen) atoms. The van der Waals surface area contributed by atoms with Crippen molar-refractivity contribution in [2.75, 3.05) is 0 Å². The highest BCUT2D eigenvalue weighted by Gasteiger charge is 2.22. The molecule has 0 spiro atoms. The molecule has 2 aromatic heterocycles. The van der Waals surface area contributed by atoms with Gasteiger partial charge in [0.2, 0.25) is 0 Å². The zero-order chi connectivity index (χ0) is 22.0. The Kier molecular flexibility index (Phi) is 5.44. The number of nitrogens with zero attached hydrogens (tertiary/aromatic N) is 2. The number of aromatic amines is 1. The Morgan fingerprint density at radius 1 is 1.13 bits per heavy atom. The third-order valence-corrected chi connectivity index (χ3v) is 4.87. The molecule has 4 rings (SSSR count). The highest BCUT2D eigenvalue weighted by atomic mass is 19.1. The lowest BCUT2D eigenvalue weighted by Gasteiger charge is -2.18. The van der Waals surface area contributed by atoms with Crippen LogP contribution in [0.15, 0.2) is 76.4 Å².